The fraction of sp³-hybridized carbons (Fsp3) is 0.485. The van der Waals surface area contributed by atoms with Crippen molar-refractivity contribution in [2.24, 2.45) is 5.41 Å². The van der Waals surface area contributed by atoms with Gasteiger partial charge >= 0.3 is 6.09 Å². The van der Waals surface area contributed by atoms with Crippen molar-refractivity contribution in [3.8, 4) is 0 Å². The third-order valence-corrected chi connectivity index (χ3v) is 10.1. The first-order chi connectivity index (χ1) is 21.8. The normalized spacial score (nSPS) is 24.0. The number of nitrogens with zero attached hydrogens (tertiary/aromatic N) is 4. The van der Waals surface area contributed by atoms with Gasteiger partial charge in [0.15, 0.2) is 0 Å². The molecule has 2 aromatic rings. The van der Waals surface area contributed by atoms with Gasteiger partial charge in [-0.1, -0.05) is 30.3 Å². The first-order valence-corrected chi connectivity index (χ1v) is 15.9. The molecule has 1 unspecified atom stereocenters. The summed E-state index contributed by atoms with van der Waals surface area (Å²) in [7, 11) is 0. The van der Waals surface area contributed by atoms with Gasteiger partial charge in [-0.25, -0.2) is 9.80 Å². The van der Waals surface area contributed by atoms with E-state index in [0.29, 0.717) is 22.6 Å². The van der Waals surface area contributed by atoms with Crippen LogP contribution in [0.4, 0.5) is 10.5 Å². The summed E-state index contributed by atoms with van der Waals surface area (Å²) in [5, 5.41) is 4.20. The van der Waals surface area contributed by atoms with Gasteiger partial charge in [-0.15, -0.1) is 0 Å². The molecule has 12 nitrogen and oxygen atoms in total. The number of anilines is 1. The van der Waals surface area contributed by atoms with Crippen molar-refractivity contribution in [2.45, 2.75) is 57.2 Å². The van der Waals surface area contributed by atoms with Crippen molar-refractivity contribution in [3.63, 3.8) is 0 Å². The van der Waals surface area contributed by atoms with Crippen molar-refractivity contribution in [1.82, 2.24) is 25.6 Å². The number of likely N-dealkylation sites (tertiary alicyclic amines) is 1. The molecule has 2 aromatic carbocycles. The molecule has 5 aliphatic heterocycles. The maximum absolute atomic E-state index is 13.3. The quantitative estimate of drug-likeness (QED) is 0.471. The number of rotatable bonds is 6. The van der Waals surface area contributed by atoms with Crippen molar-refractivity contribution in [1.29, 1.82) is 0 Å². The zero-order valence-corrected chi connectivity index (χ0v) is 25.2. The second-order valence-corrected chi connectivity index (χ2v) is 13.0. The summed E-state index contributed by atoms with van der Waals surface area (Å²) in [6.07, 6.45) is 3.95. The summed E-state index contributed by atoms with van der Waals surface area (Å²) in [4.78, 5) is 68.4. The summed E-state index contributed by atoms with van der Waals surface area (Å²) in [5.74, 6) is -1.94. The highest BCUT2D eigenvalue weighted by molar-refractivity contribution is 6.23. The molecule has 12 heteroatoms. The zero-order valence-electron chi connectivity index (χ0n) is 25.2. The van der Waals surface area contributed by atoms with E-state index in [1.54, 1.807) is 12.1 Å². The van der Waals surface area contributed by atoms with Gasteiger partial charge in [0.1, 0.15) is 12.6 Å². The van der Waals surface area contributed by atoms with Crippen molar-refractivity contribution in [2.75, 3.05) is 44.2 Å². The molecule has 7 rings (SSSR count). The lowest BCUT2D eigenvalue weighted by atomic mass is 9.71. The standard InChI is InChI=1S/C33H38N6O6/c40-28-9-8-27(29(41)34-28)39-30(42)25-7-6-24(18-26(25)31(39)43)36-16-12-33(13-17-36)20-37(21-33)23-10-14-38(15-11-23)35-32(44)45-19-22-4-2-1-3-5-22/h1-7,18,23,27H,8-17,19-21H2,(H,35,44)(H,34,40,41). The Labute approximate surface area is 261 Å². The van der Waals surface area contributed by atoms with E-state index >= 15 is 0 Å². The van der Waals surface area contributed by atoms with E-state index in [-0.39, 0.29) is 25.4 Å². The van der Waals surface area contributed by atoms with Crippen LogP contribution in [-0.4, -0.2) is 95.9 Å². The van der Waals surface area contributed by atoms with Crippen molar-refractivity contribution in [3.05, 3.63) is 65.2 Å². The Morgan fingerprint density at radius 2 is 1.60 bits per heavy atom. The number of amides is 5. The zero-order chi connectivity index (χ0) is 31.1. The van der Waals surface area contributed by atoms with Crippen LogP contribution >= 0.6 is 0 Å². The number of carbonyl (C=O) groups excluding carboxylic acids is 5. The molecule has 0 bridgehead atoms. The number of hydrazine groups is 1. The average molecular weight is 615 g/mol. The topological polar surface area (TPSA) is 132 Å². The predicted molar refractivity (Wildman–Crippen MR) is 163 cm³/mol. The molecule has 45 heavy (non-hydrogen) atoms. The highest BCUT2D eigenvalue weighted by atomic mass is 16.6. The highest BCUT2D eigenvalue weighted by Gasteiger charge is 2.48. The molecule has 5 amide bonds. The lowest BCUT2D eigenvalue weighted by Crippen LogP contribution is -2.64. The Bertz CT molecular complexity index is 1510. The SMILES string of the molecule is O=C1CCC(N2C(=O)c3ccc(N4CCC5(CC4)CN(C4CCN(NC(=O)OCc6ccccc6)CC4)C5)cc3C2=O)C(=O)N1. The van der Waals surface area contributed by atoms with E-state index in [9.17, 15) is 24.0 Å². The first kappa shape index (κ1) is 29.4. The van der Waals surface area contributed by atoms with Gasteiger partial charge in [0.2, 0.25) is 11.8 Å². The first-order valence-electron chi connectivity index (χ1n) is 15.9. The minimum absolute atomic E-state index is 0.102. The molecule has 5 heterocycles. The molecule has 2 N–H and O–H groups in total. The van der Waals surface area contributed by atoms with Crippen LogP contribution in [0.25, 0.3) is 0 Å². The van der Waals surface area contributed by atoms with Gasteiger partial charge in [0.25, 0.3) is 11.8 Å². The Hall–Kier alpha value is -4.29. The molecule has 0 radical (unpaired) electrons. The molecule has 236 valence electrons. The monoisotopic (exact) mass is 614 g/mol. The summed E-state index contributed by atoms with van der Waals surface area (Å²) in [6, 6.07) is 14.6. The van der Waals surface area contributed by atoms with E-state index in [1.165, 1.54) is 0 Å². The molecule has 1 spiro atoms. The van der Waals surface area contributed by atoms with Gasteiger partial charge in [0.05, 0.1) is 11.1 Å². The van der Waals surface area contributed by atoms with Crippen molar-refractivity contribution >= 4 is 35.4 Å². The summed E-state index contributed by atoms with van der Waals surface area (Å²) < 4.78 is 5.36. The fourth-order valence-electron chi connectivity index (χ4n) is 7.51. The van der Waals surface area contributed by atoms with Crippen molar-refractivity contribution < 1.29 is 28.7 Å². The van der Waals surface area contributed by atoms with Gasteiger partial charge < -0.3 is 9.64 Å². The van der Waals surface area contributed by atoms with Crippen LogP contribution in [0.1, 0.15) is 64.8 Å². The number of hydrogen-bond acceptors (Lipinski definition) is 9. The number of hydrogen-bond donors (Lipinski definition) is 2. The predicted octanol–water partition coefficient (Wildman–Crippen LogP) is 2.30. The summed E-state index contributed by atoms with van der Waals surface area (Å²) in [6.45, 7) is 5.75. The number of benzene rings is 2. The Balaban J connectivity index is 0.868. The Morgan fingerprint density at radius 1 is 0.889 bits per heavy atom. The van der Waals surface area contributed by atoms with E-state index in [0.717, 1.165) is 81.1 Å². The molecule has 4 saturated heterocycles. The largest absolute Gasteiger partial charge is 0.444 e. The number of carbonyl (C=O) groups is 5. The van der Waals surface area contributed by atoms with E-state index in [4.69, 9.17) is 4.74 Å². The molecule has 5 aliphatic rings. The molecule has 1 atom stereocenters. The maximum Gasteiger partial charge on any atom is 0.422 e. The van der Waals surface area contributed by atoms with Crippen LogP contribution in [0.5, 0.6) is 0 Å². The van der Waals surface area contributed by atoms with Gasteiger partial charge in [-0.05, 0) is 61.3 Å². The lowest BCUT2D eigenvalue weighted by molar-refractivity contribution is -0.136. The minimum Gasteiger partial charge on any atom is -0.444 e. The second-order valence-electron chi connectivity index (χ2n) is 13.0. The number of ether oxygens (including phenoxy) is 1. The molecular formula is C33H38N6O6. The number of nitrogens with one attached hydrogen (secondary N) is 2. The third-order valence-electron chi connectivity index (χ3n) is 10.1. The summed E-state index contributed by atoms with van der Waals surface area (Å²) in [5.41, 5.74) is 5.68. The maximum atomic E-state index is 13.3. The number of piperidine rings is 3. The van der Waals surface area contributed by atoms with E-state index < -0.39 is 29.9 Å². The van der Waals surface area contributed by atoms with Crippen LogP contribution in [0.3, 0.4) is 0 Å². The second kappa shape index (κ2) is 11.9. The highest BCUT2D eigenvalue weighted by Crippen LogP contribution is 2.43. The summed E-state index contributed by atoms with van der Waals surface area (Å²) >= 11 is 0. The van der Waals surface area contributed by atoms with Gasteiger partial charge in [-0.2, -0.15) is 0 Å². The van der Waals surface area contributed by atoms with Crippen LogP contribution in [0.2, 0.25) is 0 Å². The average Bonchev–Trinajstić information content (AvgIpc) is 3.28. The number of fused-ring (bicyclic) bond motifs is 1. The number of imide groups is 2. The Kier molecular flexibility index (Phi) is 7.78. The van der Waals surface area contributed by atoms with Crippen LogP contribution in [0.15, 0.2) is 48.5 Å². The molecular weight excluding hydrogens is 576 g/mol. The minimum atomic E-state index is -0.958. The Morgan fingerprint density at radius 3 is 2.31 bits per heavy atom. The van der Waals surface area contributed by atoms with Gasteiger partial charge in [-0.3, -0.25) is 39.7 Å². The smallest absolute Gasteiger partial charge is 0.422 e. The molecule has 0 saturated carbocycles. The van der Waals surface area contributed by atoms with Gasteiger partial charge in [0, 0.05) is 57.4 Å². The van der Waals surface area contributed by atoms with Crippen LogP contribution in [-0.2, 0) is 20.9 Å². The molecule has 0 aromatic heterocycles. The lowest BCUT2D eigenvalue weighted by Gasteiger charge is -2.57. The fourth-order valence-corrected chi connectivity index (χ4v) is 7.51. The van der Waals surface area contributed by atoms with E-state index in [1.807, 2.05) is 41.4 Å². The van der Waals surface area contributed by atoms with Crippen LogP contribution < -0.4 is 15.6 Å². The van der Waals surface area contributed by atoms with Crippen LogP contribution in [0, 0.1) is 5.41 Å². The molecule has 4 fully saturated rings. The molecule has 0 aliphatic carbocycles. The van der Waals surface area contributed by atoms with E-state index in [2.05, 4.69) is 20.5 Å². The third kappa shape index (κ3) is 5.80.